The second-order valence-electron chi connectivity index (χ2n) is 8.26. The van der Waals surface area contributed by atoms with E-state index in [1.165, 1.54) is 4.90 Å². The van der Waals surface area contributed by atoms with Crippen LogP contribution in [0.3, 0.4) is 0 Å². The second-order valence-corrected chi connectivity index (χ2v) is 14.1. The molecule has 1 aliphatic heterocycles. The van der Waals surface area contributed by atoms with E-state index in [2.05, 4.69) is 41.5 Å². The van der Waals surface area contributed by atoms with Gasteiger partial charge in [0.1, 0.15) is 6.04 Å². The molecule has 5 nitrogen and oxygen atoms in total. The molecule has 1 aliphatic rings. The van der Waals surface area contributed by atoms with E-state index < -0.39 is 26.6 Å². The van der Waals surface area contributed by atoms with Gasteiger partial charge in [0.2, 0.25) is 8.32 Å². The van der Waals surface area contributed by atoms with Crippen molar-refractivity contribution < 1.29 is 18.8 Å². The van der Waals surface area contributed by atoms with E-state index in [9.17, 15) is 9.59 Å². The van der Waals surface area contributed by atoms with Crippen LogP contribution < -0.4 is 0 Å². The zero-order valence-corrected chi connectivity index (χ0v) is 19.6. The van der Waals surface area contributed by atoms with Crippen LogP contribution in [0, 0.1) is 0 Å². The molecule has 0 aliphatic carbocycles. The summed E-state index contributed by atoms with van der Waals surface area (Å²) in [5, 5.41) is 0.602. The number of carbonyl (C=O) groups is 2. The summed E-state index contributed by atoms with van der Waals surface area (Å²) in [6.45, 7) is 15.0. The van der Waals surface area contributed by atoms with Crippen LogP contribution in [-0.4, -0.2) is 37.9 Å². The van der Waals surface area contributed by atoms with E-state index in [1.54, 1.807) is 19.1 Å². The molecule has 156 valence electrons. The lowest BCUT2D eigenvalue weighted by Crippen LogP contribution is -2.66. The molecule has 1 aromatic carbocycles. The summed E-state index contributed by atoms with van der Waals surface area (Å²) < 4.78 is 11.8. The molecule has 0 radical (unpaired) electrons. The normalized spacial score (nSPS) is 20.1. The first-order valence-electron chi connectivity index (χ1n) is 10.0. The fourth-order valence-electron chi connectivity index (χ4n) is 4.59. The number of hydrogen-bond acceptors (Lipinski definition) is 4. The van der Waals surface area contributed by atoms with Crippen LogP contribution in [0.4, 0.5) is 4.79 Å². The number of carbonyl (C=O) groups excluding carboxylic acids is 2. The van der Waals surface area contributed by atoms with Gasteiger partial charge in [-0.15, -0.1) is 0 Å². The molecular weight excluding hydrogens is 394 g/mol. The largest absolute Gasteiger partial charge is 0.449 e. The Morgan fingerprint density at radius 3 is 2.00 bits per heavy atom. The lowest BCUT2D eigenvalue weighted by Gasteiger charge is -2.51. The summed E-state index contributed by atoms with van der Waals surface area (Å²) >= 11 is 6.03. The van der Waals surface area contributed by atoms with Crippen molar-refractivity contribution in [1.29, 1.82) is 0 Å². The SMILES string of the molecule is CCOC(=O)N1C(=O)C(O[Si](C(C)C)(C(C)C)C(C)C)C1c1ccc(Cl)cc1. The second kappa shape index (κ2) is 8.97. The lowest BCUT2D eigenvalue weighted by molar-refractivity contribution is -0.161. The minimum absolute atomic E-state index is 0.212. The summed E-state index contributed by atoms with van der Waals surface area (Å²) in [6.07, 6.45) is -1.30. The molecule has 2 atom stereocenters. The van der Waals surface area contributed by atoms with Crippen molar-refractivity contribution in [2.24, 2.45) is 0 Å². The van der Waals surface area contributed by atoms with Crippen LogP contribution in [-0.2, 0) is 14.0 Å². The van der Waals surface area contributed by atoms with E-state index in [1.807, 2.05) is 12.1 Å². The molecular formula is C21H32ClNO4Si. The Morgan fingerprint density at radius 1 is 1.07 bits per heavy atom. The van der Waals surface area contributed by atoms with Gasteiger partial charge in [-0.05, 0) is 41.2 Å². The number of likely N-dealkylation sites (tertiary alicyclic amines) is 1. The Labute approximate surface area is 174 Å². The molecule has 0 saturated carbocycles. The average Bonchev–Trinajstić information content (AvgIpc) is 2.60. The number of hydrogen-bond donors (Lipinski definition) is 0. The molecule has 2 unspecified atom stereocenters. The standard InChI is InChI=1S/C21H32ClNO4Si/c1-8-26-21(25)23-18(16-9-11-17(22)12-10-16)19(20(23)24)27-28(13(2)3,14(4)5)15(6)7/h9-15,18-19H,8H2,1-7H3. The maximum atomic E-state index is 13.0. The number of halogens is 1. The zero-order chi connectivity index (χ0) is 21.2. The number of β-lactam (4-membered cyclic amide) rings is 1. The number of ether oxygens (including phenoxy) is 1. The zero-order valence-electron chi connectivity index (χ0n) is 17.9. The minimum atomic E-state index is -2.30. The van der Waals surface area contributed by atoms with E-state index in [-0.39, 0.29) is 12.5 Å². The predicted octanol–water partition coefficient (Wildman–Crippen LogP) is 5.94. The number of rotatable bonds is 7. The summed E-state index contributed by atoms with van der Waals surface area (Å²) in [5.74, 6) is -0.322. The van der Waals surface area contributed by atoms with Crippen molar-refractivity contribution in [3.63, 3.8) is 0 Å². The predicted molar refractivity (Wildman–Crippen MR) is 114 cm³/mol. The van der Waals surface area contributed by atoms with Crippen LogP contribution in [0.15, 0.2) is 24.3 Å². The van der Waals surface area contributed by atoms with Gasteiger partial charge in [0.15, 0.2) is 6.10 Å². The summed E-state index contributed by atoms with van der Waals surface area (Å²) in [6, 6.07) is 6.71. The topological polar surface area (TPSA) is 55.8 Å². The molecule has 0 aromatic heterocycles. The van der Waals surface area contributed by atoms with Crippen LogP contribution in [0.2, 0.25) is 21.6 Å². The highest BCUT2D eigenvalue weighted by atomic mass is 35.5. The van der Waals surface area contributed by atoms with Gasteiger partial charge in [0, 0.05) is 5.02 Å². The molecule has 28 heavy (non-hydrogen) atoms. The molecule has 2 rings (SSSR count). The van der Waals surface area contributed by atoms with Gasteiger partial charge in [0.25, 0.3) is 5.91 Å². The van der Waals surface area contributed by atoms with Crippen LogP contribution >= 0.6 is 11.6 Å². The molecule has 7 heteroatoms. The molecule has 0 spiro atoms. The first-order valence-corrected chi connectivity index (χ1v) is 12.5. The van der Waals surface area contributed by atoms with Crippen LogP contribution in [0.25, 0.3) is 0 Å². The quantitative estimate of drug-likeness (QED) is 0.400. The van der Waals surface area contributed by atoms with Crippen molar-refractivity contribution >= 4 is 31.9 Å². The summed E-state index contributed by atoms with van der Waals surface area (Å²) in [4.78, 5) is 26.6. The van der Waals surface area contributed by atoms with E-state index in [0.29, 0.717) is 21.6 Å². The van der Waals surface area contributed by atoms with Gasteiger partial charge < -0.3 is 9.16 Å². The molecule has 2 amide bonds. The Morgan fingerprint density at radius 2 is 1.57 bits per heavy atom. The third-order valence-electron chi connectivity index (χ3n) is 5.76. The molecule has 1 saturated heterocycles. The Kier molecular flexibility index (Phi) is 7.34. The van der Waals surface area contributed by atoms with Gasteiger partial charge in [-0.1, -0.05) is 65.3 Å². The van der Waals surface area contributed by atoms with Crippen molar-refractivity contribution in [2.75, 3.05) is 6.61 Å². The molecule has 0 bridgehead atoms. The monoisotopic (exact) mass is 425 g/mol. The summed E-state index contributed by atoms with van der Waals surface area (Å²) in [5.41, 5.74) is 1.83. The minimum Gasteiger partial charge on any atom is -0.449 e. The molecule has 0 N–H and O–H groups in total. The smallest absolute Gasteiger partial charge is 0.417 e. The van der Waals surface area contributed by atoms with Gasteiger partial charge >= 0.3 is 6.09 Å². The van der Waals surface area contributed by atoms with Gasteiger partial charge in [-0.25, -0.2) is 9.69 Å². The fourth-order valence-corrected chi connectivity index (χ4v) is 10.2. The lowest BCUT2D eigenvalue weighted by atomic mass is 9.91. The Balaban J connectivity index is 2.44. The molecule has 1 heterocycles. The maximum absolute atomic E-state index is 13.0. The Bertz CT molecular complexity index is 683. The molecule has 1 aromatic rings. The molecule has 1 fully saturated rings. The van der Waals surface area contributed by atoms with E-state index in [4.69, 9.17) is 20.8 Å². The van der Waals surface area contributed by atoms with E-state index in [0.717, 1.165) is 5.56 Å². The first kappa shape index (κ1) is 22.9. The Hall–Kier alpha value is -1.37. The third kappa shape index (κ3) is 4.00. The van der Waals surface area contributed by atoms with Gasteiger partial charge in [-0.3, -0.25) is 4.79 Å². The van der Waals surface area contributed by atoms with Crippen LogP contribution in [0.5, 0.6) is 0 Å². The first-order chi connectivity index (χ1) is 13.1. The number of imide groups is 1. The fraction of sp³-hybridized carbons (Fsp3) is 0.619. The van der Waals surface area contributed by atoms with Gasteiger partial charge in [0.05, 0.1) is 6.61 Å². The highest BCUT2D eigenvalue weighted by Crippen LogP contribution is 2.48. The van der Waals surface area contributed by atoms with Crippen molar-refractivity contribution in [3.05, 3.63) is 34.9 Å². The summed E-state index contributed by atoms with van der Waals surface area (Å²) in [7, 11) is -2.30. The average molecular weight is 426 g/mol. The number of amides is 2. The highest BCUT2D eigenvalue weighted by Gasteiger charge is 2.58. The number of nitrogens with zero attached hydrogens (tertiary/aromatic N) is 1. The van der Waals surface area contributed by atoms with Gasteiger partial charge in [-0.2, -0.15) is 0 Å². The van der Waals surface area contributed by atoms with E-state index >= 15 is 0 Å². The van der Waals surface area contributed by atoms with Crippen molar-refractivity contribution in [1.82, 2.24) is 4.90 Å². The highest BCUT2D eigenvalue weighted by molar-refractivity contribution is 6.77. The van der Waals surface area contributed by atoms with Crippen molar-refractivity contribution in [2.45, 2.75) is 77.2 Å². The number of benzene rings is 1. The third-order valence-corrected chi connectivity index (χ3v) is 12.1. The van der Waals surface area contributed by atoms with Crippen LogP contribution in [0.1, 0.15) is 60.1 Å². The maximum Gasteiger partial charge on any atom is 0.417 e. The van der Waals surface area contributed by atoms with Crippen molar-refractivity contribution in [3.8, 4) is 0 Å².